The molecule has 0 aliphatic rings. The van der Waals surface area contributed by atoms with Crippen molar-refractivity contribution in [2.75, 3.05) is 31.6 Å². The molecule has 5 N–H and O–H groups in total. The fourth-order valence-corrected chi connectivity index (χ4v) is 1.16. The third kappa shape index (κ3) is 4.48. The van der Waals surface area contributed by atoms with Gasteiger partial charge in [0.15, 0.2) is 0 Å². The fraction of sp³-hybridized carbons (Fsp3) is 0.455. The van der Waals surface area contributed by atoms with E-state index in [-0.39, 0.29) is 13.2 Å². The van der Waals surface area contributed by atoms with Crippen molar-refractivity contribution in [2.45, 2.75) is 6.10 Å². The van der Waals surface area contributed by atoms with Crippen LogP contribution in [0.2, 0.25) is 0 Å². The summed E-state index contributed by atoms with van der Waals surface area (Å²) < 4.78 is 5.30. The van der Waals surface area contributed by atoms with E-state index in [1.165, 1.54) is 0 Å². The molecule has 0 radical (unpaired) electrons. The molecule has 0 aromatic heterocycles. The Kier molecular flexibility index (Phi) is 5.63. The van der Waals surface area contributed by atoms with Crippen molar-refractivity contribution in [1.82, 2.24) is 0 Å². The second-order valence-corrected chi connectivity index (χ2v) is 3.39. The number of hydrogen-bond acceptors (Lipinski definition) is 5. The number of hydrogen-bond donors (Lipinski definition) is 4. The molecule has 0 heterocycles. The smallest absolute Gasteiger partial charge is 0.121 e. The van der Waals surface area contributed by atoms with Crippen LogP contribution in [0.4, 0.5) is 5.69 Å². The Balaban J connectivity index is 2.46. The first-order valence-corrected chi connectivity index (χ1v) is 5.22. The van der Waals surface area contributed by atoms with Gasteiger partial charge in [-0.3, -0.25) is 0 Å². The summed E-state index contributed by atoms with van der Waals surface area (Å²) >= 11 is 0. The minimum Gasteiger partial charge on any atom is -0.491 e. The van der Waals surface area contributed by atoms with Gasteiger partial charge in [0.25, 0.3) is 0 Å². The number of anilines is 1. The number of aliphatic hydroxyl groups is 2. The van der Waals surface area contributed by atoms with Crippen LogP contribution >= 0.6 is 0 Å². The number of rotatable bonds is 7. The molecule has 0 amide bonds. The van der Waals surface area contributed by atoms with Crippen molar-refractivity contribution >= 4 is 5.69 Å². The highest BCUT2D eigenvalue weighted by atomic mass is 16.5. The number of aliphatic hydroxyl groups excluding tert-OH is 2. The van der Waals surface area contributed by atoms with Gasteiger partial charge < -0.3 is 26.0 Å². The van der Waals surface area contributed by atoms with Crippen LogP contribution in [-0.4, -0.2) is 42.6 Å². The maximum absolute atomic E-state index is 9.12. The van der Waals surface area contributed by atoms with Gasteiger partial charge >= 0.3 is 0 Å². The number of nitrogens with two attached hydrogens (primary N) is 1. The Morgan fingerprint density at radius 2 is 2.25 bits per heavy atom. The van der Waals surface area contributed by atoms with Gasteiger partial charge in [0.05, 0.1) is 6.61 Å². The summed E-state index contributed by atoms with van der Waals surface area (Å²) in [6.45, 7) is 1.04. The lowest BCUT2D eigenvalue weighted by molar-refractivity contribution is 0.0536. The summed E-state index contributed by atoms with van der Waals surface area (Å²) in [4.78, 5) is 0. The number of benzene rings is 1. The summed E-state index contributed by atoms with van der Waals surface area (Å²) in [5, 5.41) is 20.9. The maximum Gasteiger partial charge on any atom is 0.121 e. The highest BCUT2D eigenvalue weighted by Gasteiger charge is 2.03. The predicted molar refractivity (Wildman–Crippen MR) is 62.6 cm³/mol. The van der Waals surface area contributed by atoms with E-state index in [0.717, 1.165) is 5.69 Å². The maximum atomic E-state index is 9.12. The van der Waals surface area contributed by atoms with Crippen LogP contribution in [0, 0.1) is 0 Å². The van der Waals surface area contributed by atoms with E-state index >= 15 is 0 Å². The molecule has 0 saturated heterocycles. The molecule has 0 fully saturated rings. The summed E-state index contributed by atoms with van der Waals surface area (Å²) in [6.07, 6.45) is -0.847. The minimum absolute atomic E-state index is 0.0802. The van der Waals surface area contributed by atoms with Crippen LogP contribution < -0.4 is 15.8 Å². The van der Waals surface area contributed by atoms with Crippen molar-refractivity contribution in [1.29, 1.82) is 0 Å². The summed E-state index contributed by atoms with van der Waals surface area (Å²) in [5.41, 5.74) is 6.29. The van der Waals surface area contributed by atoms with Gasteiger partial charge in [-0.2, -0.15) is 0 Å². The van der Waals surface area contributed by atoms with Gasteiger partial charge in [-0.15, -0.1) is 0 Å². The van der Waals surface area contributed by atoms with E-state index in [1.807, 2.05) is 18.2 Å². The lowest BCUT2D eigenvalue weighted by atomic mass is 10.3. The molecule has 1 atom stereocenters. The Morgan fingerprint density at radius 1 is 1.44 bits per heavy atom. The van der Waals surface area contributed by atoms with E-state index < -0.39 is 6.10 Å². The Hall–Kier alpha value is -1.30. The molecule has 1 unspecified atom stereocenters. The van der Waals surface area contributed by atoms with E-state index in [9.17, 15) is 0 Å². The molecule has 5 nitrogen and oxygen atoms in total. The first-order valence-electron chi connectivity index (χ1n) is 5.22. The predicted octanol–water partition coefficient (Wildman–Crippen LogP) is -0.211. The zero-order valence-electron chi connectivity index (χ0n) is 9.10. The van der Waals surface area contributed by atoms with E-state index in [0.29, 0.717) is 18.8 Å². The van der Waals surface area contributed by atoms with Crippen LogP contribution in [0.5, 0.6) is 5.75 Å². The lowest BCUT2D eigenvalue weighted by Crippen LogP contribution is -2.21. The molecule has 1 aromatic rings. The van der Waals surface area contributed by atoms with Crippen molar-refractivity contribution < 1.29 is 14.9 Å². The first kappa shape index (κ1) is 12.8. The quantitative estimate of drug-likeness (QED) is 0.516. The topological polar surface area (TPSA) is 87.7 Å². The van der Waals surface area contributed by atoms with Gasteiger partial charge in [0.2, 0.25) is 0 Å². The van der Waals surface area contributed by atoms with Crippen LogP contribution in [0.3, 0.4) is 0 Å². The fourth-order valence-electron chi connectivity index (χ4n) is 1.16. The van der Waals surface area contributed by atoms with Crippen LogP contribution in [0.15, 0.2) is 24.3 Å². The molecule has 16 heavy (non-hydrogen) atoms. The third-order valence-electron chi connectivity index (χ3n) is 1.96. The highest BCUT2D eigenvalue weighted by Crippen LogP contribution is 2.17. The lowest BCUT2D eigenvalue weighted by Gasteiger charge is -2.11. The largest absolute Gasteiger partial charge is 0.491 e. The Morgan fingerprint density at radius 3 is 2.94 bits per heavy atom. The van der Waals surface area contributed by atoms with Crippen molar-refractivity contribution in [2.24, 2.45) is 5.73 Å². The van der Waals surface area contributed by atoms with Gasteiger partial charge in [0, 0.05) is 24.8 Å². The highest BCUT2D eigenvalue weighted by molar-refractivity contribution is 5.48. The molecule has 1 rings (SSSR count). The van der Waals surface area contributed by atoms with Crippen molar-refractivity contribution in [3.63, 3.8) is 0 Å². The normalized spacial score (nSPS) is 12.2. The standard InChI is InChI=1S/C11H18N2O3/c12-4-5-13-9-2-1-3-11(6-9)16-8-10(15)7-14/h1-3,6,10,13-15H,4-5,7-8,12H2. The van der Waals surface area contributed by atoms with Gasteiger partial charge in [0.1, 0.15) is 18.5 Å². The average Bonchev–Trinajstić information content (AvgIpc) is 2.34. The number of nitrogens with one attached hydrogen (secondary N) is 1. The van der Waals surface area contributed by atoms with Crippen LogP contribution in [-0.2, 0) is 0 Å². The minimum atomic E-state index is -0.847. The second kappa shape index (κ2) is 7.05. The first-order chi connectivity index (χ1) is 7.76. The van der Waals surface area contributed by atoms with E-state index in [1.54, 1.807) is 6.07 Å². The number of ether oxygens (including phenoxy) is 1. The molecular weight excluding hydrogens is 208 g/mol. The Labute approximate surface area is 94.8 Å². The van der Waals surface area contributed by atoms with Crippen LogP contribution in [0.1, 0.15) is 0 Å². The monoisotopic (exact) mass is 226 g/mol. The molecular formula is C11H18N2O3. The van der Waals surface area contributed by atoms with Crippen LogP contribution in [0.25, 0.3) is 0 Å². The zero-order chi connectivity index (χ0) is 11.8. The second-order valence-electron chi connectivity index (χ2n) is 3.39. The van der Waals surface area contributed by atoms with Crippen molar-refractivity contribution in [3.05, 3.63) is 24.3 Å². The van der Waals surface area contributed by atoms with Gasteiger partial charge in [-0.05, 0) is 12.1 Å². The molecule has 0 saturated carbocycles. The molecule has 0 aliphatic heterocycles. The summed E-state index contributed by atoms with van der Waals surface area (Å²) in [5.74, 6) is 0.648. The Bertz CT molecular complexity index is 307. The SMILES string of the molecule is NCCNc1cccc(OCC(O)CO)c1. The van der Waals surface area contributed by atoms with Gasteiger partial charge in [-0.1, -0.05) is 6.07 Å². The molecule has 0 bridgehead atoms. The van der Waals surface area contributed by atoms with Crippen molar-refractivity contribution in [3.8, 4) is 5.75 Å². The van der Waals surface area contributed by atoms with E-state index in [4.69, 9.17) is 20.7 Å². The summed E-state index contributed by atoms with van der Waals surface area (Å²) in [7, 11) is 0. The molecule has 90 valence electrons. The summed E-state index contributed by atoms with van der Waals surface area (Å²) in [6, 6.07) is 7.36. The molecule has 0 aliphatic carbocycles. The molecule has 0 spiro atoms. The molecule has 5 heteroatoms. The van der Waals surface area contributed by atoms with E-state index in [2.05, 4.69) is 5.32 Å². The average molecular weight is 226 g/mol. The zero-order valence-corrected chi connectivity index (χ0v) is 9.10. The third-order valence-corrected chi connectivity index (χ3v) is 1.96. The van der Waals surface area contributed by atoms with Gasteiger partial charge in [-0.25, -0.2) is 0 Å². The molecule has 1 aromatic carbocycles.